The SMILES string of the molecule is Cc1cccc(N2CCN(C(=O)Cn3c(=O)cc(Nc4ccc5c(c4)CCC5)[nH]c3=O)CC2)c1. The lowest BCUT2D eigenvalue weighted by Gasteiger charge is -2.36. The summed E-state index contributed by atoms with van der Waals surface area (Å²) in [4.78, 5) is 44.8. The first-order valence-electron chi connectivity index (χ1n) is 11.8. The molecule has 0 saturated carbocycles. The normalized spacial score (nSPS) is 15.3. The Morgan fingerprint density at radius 1 is 0.971 bits per heavy atom. The van der Waals surface area contributed by atoms with Crippen molar-refractivity contribution in [1.29, 1.82) is 0 Å². The molecule has 1 aromatic heterocycles. The molecule has 1 amide bonds. The molecule has 0 bridgehead atoms. The number of nitrogens with one attached hydrogen (secondary N) is 2. The van der Waals surface area contributed by atoms with E-state index in [-0.39, 0.29) is 12.5 Å². The molecule has 176 valence electrons. The van der Waals surface area contributed by atoms with Gasteiger partial charge in [0.05, 0.1) is 0 Å². The minimum atomic E-state index is -0.595. The van der Waals surface area contributed by atoms with Gasteiger partial charge in [-0.2, -0.15) is 0 Å². The summed E-state index contributed by atoms with van der Waals surface area (Å²) in [5.74, 6) is 0.0965. The van der Waals surface area contributed by atoms with Crippen molar-refractivity contribution in [2.45, 2.75) is 32.7 Å². The lowest BCUT2D eigenvalue weighted by molar-refractivity contribution is -0.132. The van der Waals surface area contributed by atoms with Gasteiger partial charge in [0.15, 0.2) is 0 Å². The highest BCUT2D eigenvalue weighted by molar-refractivity contribution is 5.76. The van der Waals surface area contributed by atoms with E-state index in [0.717, 1.165) is 35.2 Å². The van der Waals surface area contributed by atoms with Gasteiger partial charge in [-0.1, -0.05) is 18.2 Å². The smallest absolute Gasteiger partial charge is 0.330 e. The molecule has 0 atom stereocenters. The number of rotatable bonds is 5. The van der Waals surface area contributed by atoms with Crippen LogP contribution in [0.5, 0.6) is 0 Å². The topological polar surface area (TPSA) is 90.4 Å². The summed E-state index contributed by atoms with van der Waals surface area (Å²) in [5.41, 5.74) is 4.73. The minimum absolute atomic E-state index is 0.226. The van der Waals surface area contributed by atoms with E-state index in [2.05, 4.69) is 52.5 Å². The van der Waals surface area contributed by atoms with Gasteiger partial charge in [-0.15, -0.1) is 0 Å². The van der Waals surface area contributed by atoms with Gasteiger partial charge >= 0.3 is 5.69 Å². The lowest BCUT2D eigenvalue weighted by Crippen LogP contribution is -2.51. The number of carbonyl (C=O) groups is 1. The summed E-state index contributed by atoms with van der Waals surface area (Å²) >= 11 is 0. The summed E-state index contributed by atoms with van der Waals surface area (Å²) in [6.07, 6.45) is 3.29. The molecule has 34 heavy (non-hydrogen) atoms. The second-order valence-electron chi connectivity index (χ2n) is 9.08. The van der Waals surface area contributed by atoms with E-state index in [1.165, 1.54) is 22.8 Å². The van der Waals surface area contributed by atoms with Gasteiger partial charge in [-0.05, 0) is 67.1 Å². The fraction of sp³-hybridized carbons (Fsp3) is 0.346. The fourth-order valence-electron chi connectivity index (χ4n) is 4.82. The van der Waals surface area contributed by atoms with Gasteiger partial charge in [-0.25, -0.2) is 4.79 Å². The van der Waals surface area contributed by atoms with Gasteiger partial charge in [0.2, 0.25) is 5.91 Å². The Morgan fingerprint density at radius 3 is 2.53 bits per heavy atom. The lowest BCUT2D eigenvalue weighted by atomic mass is 10.1. The third kappa shape index (κ3) is 4.62. The molecule has 2 N–H and O–H groups in total. The van der Waals surface area contributed by atoms with Crippen LogP contribution in [0.25, 0.3) is 0 Å². The zero-order chi connectivity index (χ0) is 23.7. The summed E-state index contributed by atoms with van der Waals surface area (Å²) in [5, 5.41) is 3.11. The van der Waals surface area contributed by atoms with Gasteiger partial charge in [0.25, 0.3) is 5.56 Å². The molecule has 1 saturated heterocycles. The molecule has 3 aromatic rings. The number of aryl methyl sites for hydroxylation is 3. The number of aromatic nitrogens is 2. The number of benzene rings is 2. The minimum Gasteiger partial charge on any atom is -0.368 e. The maximum Gasteiger partial charge on any atom is 0.330 e. The average molecular weight is 460 g/mol. The average Bonchev–Trinajstić information content (AvgIpc) is 3.29. The molecule has 1 aliphatic carbocycles. The zero-order valence-corrected chi connectivity index (χ0v) is 19.3. The Bertz CT molecular complexity index is 1300. The van der Waals surface area contributed by atoms with Crippen LogP contribution in [0.15, 0.2) is 58.1 Å². The number of hydrogen-bond acceptors (Lipinski definition) is 5. The van der Waals surface area contributed by atoms with Crippen LogP contribution in [0.1, 0.15) is 23.1 Å². The second kappa shape index (κ2) is 9.21. The molecule has 2 heterocycles. The van der Waals surface area contributed by atoms with E-state index >= 15 is 0 Å². The molecule has 2 aromatic carbocycles. The highest BCUT2D eigenvalue weighted by Gasteiger charge is 2.22. The van der Waals surface area contributed by atoms with Crippen molar-refractivity contribution >= 4 is 23.1 Å². The van der Waals surface area contributed by atoms with Crippen LogP contribution in [0.3, 0.4) is 0 Å². The first-order chi connectivity index (χ1) is 16.5. The number of amides is 1. The summed E-state index contributed by atoms with van der Waals surface area (Å²) < 4.78 is 0.961. The number of nitrogens with zero attached hydrogens (tertiary/aromatic N) is 3. The number of piperazine rings is 1. The van der Waals surface area contributed by atoms with E-state index in [4.69, 9.17) is 0 Å². The maximum atomic E-state index is 12.8. The molecule has 1 fully saturated rings. The molecule has 2 aliphatic rings. The van der Waals surface area contributed by atoms with E-state index < -0.39 is 11.2 Å². The third-order valence-corrected chi connectivity index (χ3v) is 6.69. The van der Waals surface area contributed by atoms with Crippen molar-refractivity contribution in [1.82, 2.24) is 14.5 Å². The highest BCUT2D eigenvalue weighted by atomic mass is 16.2. The fourth-order valence-corrected chi connectivity index (χ4v) is 4.82. The van der Waals surface area contributed by atoms with Crippen LogP contribution in [-0.4, -0.2) is 46.5 Å². The zero-order valence-electron chi connectivity index (χ0n) is 19.3. The Morgan fingerprint density at radius 2 is 1.76 bits per heavy atom. The molecule has 5 rings (SSSR count). The van der Waals surface area contributed by atoms with E-state index in [1.54, 1.807) is 4.90 Å². The van der Waals surface area contributed by atoms with Gasteiger partial charge < -0.3 is 15.1 Å². The molecule has 0 radical (unpaired) electrons. The first kappa shape index (κ1) is 22.0. The van der Waals surface area contributed by atoms with Crippen molar-refractivity contribution in [2.24, 2.45) is 0 Å². The number of aromatic amines is 1. The molecule has 8 nitrogen and oxygen atoms in total. The van der Waals surface area contributed by atoms with Crippen LogP contribution in [-0.2, 0) is 24.2 Å². The van der Waals surface area contributed by atoms with E-state index in [1.807, 2.05) is 12.1 Å². The number of fused-ring (bicyclic) bond motifs is 1. The number of H-pyrrole nitrogens is 1. The largest absolute Gasteiger partial charge is 0.368 e. The maximum absolute atomic E-state index is 12.8. The van der Waals surface area contributed by atoms with E-state index in [0.29, 0.717) is 32.0 Å². The second-order valence-corrected chi connectivity index (χ2v) is 9.08. The first-order valence-corrected chi connectivity index (χ1v) is 11.8. The van der Waals surface area contributed by atoms with Crippen molar-refractivity contribution < 1.29 is 4.79 Å². The monoisotopic (exact) mass is 459 g/mol. The Kier molecular flexibility index (Phi) is 5.96. The van der Waals surface area contributed by atoms with Crippen molar-refractivity contribution in [3.63, 3.8) is 0 Å². The molecule has 0 spiro atoms. The van der Waals surface area contributed by atoms with Crippen LogP contribution in [0.2, 0.25) is 0 Å². The van der Waals surface area contributed by atoms with Gasteiger partial charge in [-0.3, -0.25) is 19.1 Å². The van der Waals surface area contributed by atoms with E-state index in [9.17, 15) is 14.4 Å². The Balaban J connectivity index is 1.23. The predicted molar refractivity (Wildman–Crippen MR) is 133 cm³/mol. The van der Waals surface area contributed by atoms with Gasteiger partial charge in [0.1, 0.15) is 12.4 Å². The highest BCUT2D eigenvalue weighted by Crippen LogP contribution is 2.26. The molecule has 1 aliphatic heterocycles. The van der Waals surface area contributed by atoms with Crippen LogP contribution in [0, 0.1) is 6.92 Å². The third-order valence-electron chi connectivity index (χ3n) is 6.69. The van der Waals surface area contributed by atoms with Gasteiger partial charge in [0, 0.05) is 43.6 Å². The quantitative estimate of drug-likeness (QED) is 0.612. The summed E-state index contributed by atoms with van der Waals surface area (Å²) in [6, 6.07) is 15.7. The summed E-state index contributed by atoms with van der Waals surface area (Å²) in [7, 11) is 0. The standard InChI is InChI=1S/C26H29N5O3/c1-18-4-2-7-22(14-18)29-10-12-30(13-11-29)25(33)17-31-24(32)16-23(28-26(31)34)27-21-9-8-19-5-3-6-20(19)15-21/h2,4,7-9,14-16,27H,3,5-6,10-13,17H2,1H3,(H,28,34). The van der Waals surface area contributed by atoms with Crippen LogP contribution in [0.4, 0.5) is 17.2 Å². The van der Waals surface area contributed by atoms with Crippen molar-refractivity contribution in [3.8, 4) is 0 Å². The Labute approximate surface area is 197 Å². The number of anilines is 3. The van der Waals surface area contributed by atoms with Crippen molar-refractivity contribution in [2.75, 3.05) is 36.4 Å². The van der Waals surface area contributed by atoms with Crippen LogP contribution < -0.4 is 21.5 Å². The predicted octanol–water partition coefficient (Wildman–Crippen LogP) is 2.43. The number of hydrogen-bond donors (Lipinski definition) is 2. The summed E-state index contributed by atoms with van der Waals surface area (Å²) in [6.45, 7) is 4.33. The molecular weight excluding hydrogens is 430 g/mol. The molecule has 8 heteroatoms. The molecular formula is C26H29N5O3. The molecule has 0 unspecified atom stereocenters. The van der Waals surface area contributed by atoms with Crippen molar-refractivity contribution in [3.05, 3.63) is 86.1 Å². The Hall–Kier alpha value is -3.81. The number of carbonyl (C=O) groups excluding carboxylic acids is 1. The van der Waals surface area contributed by atoms with Crippen LogP contribution >= 0.6 is 0 Å².